The van der Waals surface area contributed by atoms with Gasteiger partial charge in [-0.25, -0.2) is 9.97 Å². The van der Waals surface area contributed by atoms with Gasteiger partial charge in [-0.1, -0.05) is 58.9 Å². The predicted molar refractivity (Wildman–Crippen MR) is 135 cm³/mol. The van der Waals surface area contributed by atoms with Crippen LogP contribution in [-0.4, -0.2) is 15.0 Å². The van der Waals surface area contributed by atoms with E-state index >= 15 is 0 Å². The first-order chi connectivity index (χ1) is 15.8. The van der Waals surface area contributed by atoms with Crippen molar-refractivity contribution in [2.45, 2.75) is 46.5 Å². The van der Waals surface area contributed by atoms with Gasteiger partial charge in [0.25, 0.3) is 0 Å². The molecule has 0 saturated carbocycles. The Morgan fingerprint density at radius 1 is 0.879 bits per heavy atom. The molecule has 0 bridgehead atoms. The largest absolute Gasteiger partial charge is 0.459 e. The number of benzene rings is 2. The van der Waals surface area contributed by atoms with E-state index in [4.69, 9.17) is 4.42 Å². The molecule has 5 aromatic rings. The van der Waals surface area contributed by atoms with Crippen LogP contribution in [0.25, 0.3) is 44.4 Å². The third-order valence-electron chi connectivity index (χ3n) is 5.98. The van der Waals surface area contributed by atoms with Crippen molar-refractivity contribution >= 4 is 21.9 Å². The minimum atomic E-state index is 0.0176. The van der Waals surface area contributed by atoms with Crippen LogP contribution in [0.3, 0.4) is 0 Å². The number of rotatable bonds is 4. The van der Waals surface area contributed by atoms with E-state index in [-0.39, 0.29) is 5.41 Å². The summed E-state index contributed by atoms with van der Waals surface area (Å²) >= 11 is 0. The predicted octanol–water partition coefficient (Wildman–Crippen LogP) is 7.60. The first-order valence-corrected chi connectivity index (χ1v) is 11.5. The molecule has 0 aliphatic carbocycles. The van der Waals surface area contributed by atoms with Crippen LogP contribution in [0.2, 0.25) is 0 Å². The number of furan rings is 1. The second-order valence-electron chi connectivity index (χ2n) is 10.2. The van der Waals surface area contributed by atoms with Crippen LogP contribution in [0, 0.1) is 5.92 Å². The summed E-state index contributed by atoms with van der Waals surface area (Å²) in [5, 5.41) is 2.50. The van der Waals surface area contributed by atoms with Gasteiger partial charge in [0.2, 0.25) is 0 Å². The minimum absolute atomic E-state index is 0.0176. The van der Waals surface area contributed by atoms with Crippen molar-refractivity contribution in [1.82, 2.24) is 15.0 Å². The molecule has 0 N–H and O–H groups in total. The maximum Gasteiger partial charge on any atom is 0.162 e. The Kier molecular flexibility index (Phi) is 5.24. The molecule has 4 nitrogen and oxygen atoms in total. The molecule has 166 valence electrons. The van der Waals surface area contributed by atoms with Gasteiger partial charge in [-0.3, -0.25) is 4.98 Å². The highest BCUT2D eigenvalue weighted by Crippen LogP contribution is 2.36. The number of aromatic nitrogens is 3. The summed E-state index contributed by atoms with van der Waals surface area (Å²) < 4.78 is 6.21. The van der Waals surface area contributed by atoms with Gasteiger partial charge in [-0.2, -0.15) is 0 Å². The monoisotopic (exact) mass is 435 g/mol. The Balaban J connectivity index is 1.64. The lowest BCUT2D eigenvalue weighted by atomic mass is 9.82. The van der Waals surface area contributed by atoms with Crippen LogP contribution in [0.5, 0.6) is 0 Å². The van der Waals surface area contributed by atoms with Crippen molar-refractivity contribution < 1.29 is 4.42 Å². The van der Waals surface area contributed by atoms with Crippen LogP contribution < -0.4 is 0 Å². The summed E-state index contributed by atoms with van der Waals surface area (Å²) in [6.07, 6.45) is 4.35. The highest BCUT2D eigenvalue weighted by Gasteiger charge is 2.19. The van der Waals surface area contributed by atoms with Gasteiger partial charge < -0.3 is 4.42 Å². The summed E-state index contributed by atoms with van der Waals surface area (Å²) in [7, 11) is 0. The lowest BCUT2D eigenvalue weighted by Gasteiger charge is -2.22. The van der Waals surface area contributed by atoms with Crippen LogP contribution >= 0.6 is 0 Å². The molecular formula is C29H29N3O. The van der Waals surface area contributed by atoms with Crippen molar-refractivity contribution in [3.8, 4) is 22.5 Å². The maximum atomic E-state index is 6.21. The van der Waals surface area contributed by atoms with Gasteiger partial charge in [-0.15, -0.1) is 0 Å². The lowest BCUT2D eigenvalue weighted by molar-refractivity contribution is 0.500. The van der Waals surface area contributed by atoms with E-state index in [0.717, 1.165) is 45.8 Å². The Morgan fingerprint density at radius 3 is 2.45 bits per heavy atom. The molecule has 0 atom stereocenters. The molecule has 3 aromatic heterocycles. The van der Waals surface area contributed by atoms with E-state index in [1.807, 2.05) is 18.3 Å². The fourth-order valence-corrected chi connectivity index (χ4v) is 4.43. The second kappa shape index (κ2) is 8.11. The van der Waals surface area contributed by atoms with E-state index < -0.39 is 0 Å². The molecule has 2 aromatic carbocycles. The van der Waals surface area contributed by atoms with Crippen LogP contribution in [0.4, 0.5) is 0 Å². The zero-order valence-electron chi connectivity index (χ0n) is 19.9. The molecule has 3 heterocycles. The molecule has 0 saturated heterocycles. The molecule has 0 unspecified atom stereocenters. The average Bonchev–Trinajstić information content (AvgIpc) is 3.19. The fraction of sp³-hybridized carbons (Fsp3) is 0.276. The molecule has 0 aliphatic rings. The second-order valence-corrected chi connectivity index (χ2v) is 10.2. The maximum absolute atomic E-state index is 6.21. The Morgan fingerprint density at radius 2 is 1.67 bits per heavy atom. The quantitative estimate of drug-likeness (QED) is 0.292. The summed E-state index contributed by atoms with van der Waals surface area (Å²) in [6.45, 7) is 11.1. The van der Waals surface area contributed by atoms with Crippen molar-refractivity contribution in [2.24, 2.45) is 5.92 Å². The first-order valence-electron chi connectivity index (χ1n) is 11.5. The summed E-state index contributed by atoms with van der Waals surface area (Å²) in [5.41, 5.74) is 6.74. The van der Waals surface area contributed by atoms with Crippen molar-refractivity contribution in [3.05, 3.63) is 78.4 Å². The van der Waals surface area contributed by atoms with Gasteiger partial charge in [0.15, 0.2) is 5.58 Å². The molecule has 0 aliphatic heterocycles. The van der Waals surface area contributed by atoms with Gasteiger partial charge in [0, 0.05) is 29.8 Å². The van der Waals surface area contributed by atoms with Crippen molar-refractivity contribution in [1.29, 1.82) is 0 Å². The summed E-state index contributed by atoms with van der Waals surface area (Å²) in [6, 6.07) is 19.1. The molecule has 4 heteroatoms. The van der Waals surface area contributed by atoms with Gasteiger partial charge >= 0.3 is 0 Å². The molecule has 0 radical (unpaired) electrons. The smallest absolute Gasteiger partial charge is 0.162 e. The van der Waals surface area contributed by atoms with Crippen LogP contribution in [0.15, 0.2) is 71.5 Å². The van der Waals surface area contributed by atoms with E-state index in [1.165, 1.54) is 16.3 Å². The van der Waals surface area contributed by atoms with Gasteiger partial charge in [0.05, 0.1) is 11.4 Å². The third-order valence-corrected chi connectivity index (χ3v) is 5.98. The van der Waals surface area contributed by atoms with E-state index in [9.17, 15) is 0 Å². The number of pyridine rings is 1. The van der Waals surface area contributed by atoms with Crippen molar-refractivity contribution in [2.75, 3.05) is 0 Å². The minimum Gasteiger partial charge on any atom is -0.459 e. The normalized spacial score (nSPS) is 12.2. The van der Waals surface area contributed by atoms with E-state index in [2.05, 4.69) is 92.0 Å². The standard InChI is InChI=1S/C29H29N3O/c1-18(2)12-21-15-27-28(33-21)23(10-11-30-27)26-16-25(31-17-32-26)20-13-19-8-6-7-9-22(19)24(14-20)29(3,4)5/h6-11,13-18H,12H2,1-5H3. The summed E-state index contributed by atoms with van der Waals surface area (Å²) in [5.74, 6) is 1.48. The average molecular weight is 436 g/mol. The third kappa shape index (κ3) is 4.13. The number of hydrogen-bond acceptors (Lipinski definition) is 4. The van der Waals surface area contributed by atoms with E-state index in [0.29, 0.717) is 5.92 Å². The molecule has 0 amide bonds. The molecule has 0 fully saturated rings. The lowest BCUT2D eigenvalue weighted by Crippen LogP contribution is -2.12. The SMILES string of the molecule is CC(C)Cc1cc2nccc(-c3cc(-c4cc(C(C)(C)C)c5ccccc5c4)ncn3)c2o1. The van der Waals surface area contributed by atoms with E-state index in [1.54, 1.807) is 6.33 Å². The Bertz CT molecular complexity index is 1460. The number of hydrogen-bond donors (Lipinski definition) is 0. The Labute approximate surface area is 194 Å². The Hall–Kier alpha value is -3.53. The first kappa shape index (κ1) is 21.3. The molecule has 33 heavy (non-hydrogen) atoms. The van der Waals surface area contributed by atoms with Crippen LogP contribution in [0.1, 0.15) is 45.9 Å². The summed E-state index contributed by atoms with van der Waals surface area (Å²) in [4.78, 5) is 13.7. The van der Waals surface area contributed by atoms with Gasteiger partial charge in [0.1, 0.15) is 17.6 Å². The molecular weight excluding hydrogens is 406 g/mol. The molecule has 5 rings (SSSR count). The zero-order chi connectivity index (χ0) is 23.2. The van der Waals surface area contributed by atoms with Gasteiger partial charge in [-0.05, 0) is 51.9 Å². The number of fused-ring (bicyclic) bond motifs is 2. The highest BCUT2D eigenvalue weighted by molar-refractivity contribution is 5.92. The highest BCUT2D eigenvalue weighted by atomic mass is 16.3. The molecule has 0 spiro atoms. The van der Waals surface area contributed by atoms with Crippen molar-refractivity contribution in [3.63, 3.8) is 0 Å². The number of nitrogens with zero attached hydrogens (tertiary/aromatic N) is 3. The van der Waals surface area contributed by atoms with Crippen LogP contribution in [-0.2, 0) is 11.8 Å². The zero-order valence-corrected chi connectivity index (χ0v) is 19.9. The topological polar surface area (TPSA) is 51.8 Å². The fourth-order valence-electron chi connectivity index (χ4n) is 4.43.